The number of para-hydroxylation sites is 1. The van der Waals surface area contributed by atoms with Gasteiger partial charge in [0, 0.05) is 19.2 Å². The van der Waals surface area contributed by atoms with Gasteiger partial charge in [0.25, 0.3) is 5.69 Å². The summed E-state index contributed by atoms with van der Waals surface area (Å²) in [5.74, 6) is 1.21. The monoisotopic (exact) mass is 321 g/mol. The molecule has 0 radical (unpaired) electrons. The van der Waals surface area contributed by atoms with Gasteiger partial charge in [-0.25, -0.2) is 0 Å². The molecule has 2 heterocycles. The molecule has 0 amide bonds. The largest absolute Gasteiger partial charge is 0.453 e. The fourth-order valence-electron chi connectivity index (χ4n) is 2.55. The molecule has 0 unspecified atom stereocenters. The summed E-state index contributed by atoms with van der Waals surface area (Å²) in [6.45, 7) is 1.72. The summed E-state index contributed by atoms with van der Waals surface area (Å²) in [6, 6.07) is 9.84. The normalized spacial score (nSPS) is 13.7. The molecule has 0 bridgehead atoms. The molecule has 0 spiro atoms. The molecule has 0 atom stereocenters. The van der Waals surface area contributed by atoms with E-state index in [2.05, 4.69) is 0 Å². The van der Waals surface area contributed by atoms with Crippen molar-refractivity contribution in [1.29, 1.82) is 5.41 Å². The Balaban J connectivity index is 0.00000176. The van der Waals surface area contributed by atoms with E-state index in [1.807, 2.05) is 4.90 Å². The van der Waals surface area contributed by atoms with E-state index in [0.29, 0.717) is 22.9 Å². The van der Waals surface area contributed by atoms with E-state index >= 15 is 0 Å². The van der Waals surface area contributed by atoms with Gasteiger partial charge in [0.2, 0.25) is 0 Å². The fraction of sp³-hybridized carbons (Fsp3) is 0.267. The number of nitro benzene ring substituents is 1. The van der Waals surface area contributed by atoms with Crippen LogP contribution in [0.3, 0.4) is 0 Å². The van der Waals surface area contributed by atoms with Crippen molar-refractivity contribution in [1.82, 2.24) is 4.90 Å². The van der Waals surface area contributed by atoms with Gasteiger partial charge in [0.1, 0.15) is 5.76 Å². The molecule has 1 aromatic heterocycles. The number of furan rings is 1. The highest BCUT2D eigenvalue weighted by Crippen LogP contribution is 2.31. The predicted molar refractivity (Wildman–Crippen MR) is 85.7 cm³/mol. The number of nitrogens with zero attached hydrogens (tertiary/aromatic N) is 2. The van der Waals surface area contributed by atoms with Crippen molar-refractivity contribution >= 4 is 23.9 Å². The zero-order valence-corrected chi connectivity index (χ0v) is 12.6. The second-order valence-corrected chi connectivity index (χ2v) is 4.98. The molecule has 0 saturated carbocycles. The number of benzene rings is 1. The standard InChI is InChI=1S/C15H15N3O3.ClH/c16-15(17-9-3-4-10-17)14-8-7-13(21-14)11-5-1-2-6-12(11)18(19)20;/h1-2,5-8,16H,3-4,9-10H2;1H. The lowest BCUT2D eigenvalue weighted by molar-refractivity contribution is -0.384. The van der Waals surface area contributed by atoms with E-state index in [9.17, 15) is 10.1 Å². The zero-order chi connectivity index (χ0) is 14.8. The van der Waals surface area contributed by atoms with E-state index in [1.54, 1.807) is 30.3 Å². The summed E-state index contributed by atoms with van der Waals surface area (Å²) in [7, 11) is 0. The van der Waals surface area contributed by atoms with Crippen LogP contribution in [0.15, 0.2) is 40.8 Å². The average Bonchev–Trinajstić information content (AvgIpc) is 3.18. The van der Waals surface area contributed by atoms with Crippen LogP contribution in [-0.2, 0) is 0 Å². The second-order valence-electron chi connectivity index (χ2n) is 4.98. The van der Waals surface area contributed by atoms with Gasteiger partial charge >= 0.3 is 0 Å². The predicted octanol–water partition coefficient (Wildman–Crippen LogP) is 3.70. The van der Waals surface area contributed by atoms with Gasteiger partial charge in [-0.2, -0.15) is 0 Å². The fourth-order valence-corrected chi connectivity index (χ4v) is 2.55. The first-order valence-electron chi connectivity index (χ1n) is 6.84. The van der Waals surface area contributed by atoms with E-state index < -0.39 is 4.92 Å². The Morgan fingerprint density at radius 1 is 1.18 bits per heavy atom. The number of hydrogen-bond donors (Lipinski definition) is 1. The molecule has 1 aromatic carbocycles. The van der Waals surface area contributed by atoms with Gasteiger partial charge < -0.3 is 9.32 Å². The van der Waals surface area contributed by atoms with Gasteiger partial charge in [0.15, 0.2) is 11.6 Å². The van der Waals surface area contributed by atoms with Crippen LogP contribution < -0.4 is 0 Å². The lowest BCUT2D eigenvalue weighted by atomic mass is 10.1. The van der Waals surface area contributed by atoms with Crippen molar-refractivity contribution in [3.8, 4) is 11.3 Å². The molecule has 22 heavy (non-hydrogen) atoms. The van der Waals surface area contributed by atoms with Crippen molar-refractivity contribution < 1.29 is 9.34 Å². The minimum absolute atomic E-state index is 0. The third-order valence-electron chi connectivity index (χ3n) is 3.63. The van der Waals surface area contributed by atoms with Crippen LogP contribution in [-0.4, -0.2) is 28.7 Å². The zero-order valence-electron chi connectivity index (χ0n) is 11.8. The van der Waals surface area contributed by atoms with Crippen molar-refractivity contribution in [2.45, 2.75) is 12.8 Å². The average molecular weight is 322 g/mol. The number of nitro groups is 1. The summed E-state index contributed by atoms with van der Waals surface area (Å²) in [5, 5.41) is 19.2. The number of halogens is 1. The Labute approximate surface area is 133 Å². The van der Waals surface area contributed by atoms with E-state index in [4.69, 9.17) is 9.83 Å². The highest BCUT2D eigenvalue weighted by molar-refractivity contribution is 5.94. The Bertz CT molecular complexity index is 693. The summed E-state index contributed by atoms with van der Waals surface area (Å²) in [6.07, 6.45) is 2.17. The molecule has 1 saturated heterocycles. The third-order valence-corrected chi connectivity index (χ3v) is 3.63. The number of rotatable bonds is 3. The first kappa shape index (κ1) is 16.0. The minimum atomic E-state index is -0.427. The summed E-state index contributed by atoms with van der Waals surface area (Å²) in [4.78, 5) is 12.6. The number of likely N-dealkylation sites (tertiary alicyclic amines) is 1. The van der Waals surface area contributed by atoms with Gasteiger partial charge in [-0.1, -0.05) is 12.1 Å². The molecular weight excluding hydrogens is 306 g/mol. The number of nitrogens with one attached hydrogen (secondary N) is 1. The van der Waals surface area contributed by atoms with Gasteiger partial charge in [-0.15, -0.1) is 12.4 Å². The Morgan fingerprint density at radius 3 is 2.55 bits per heavy atom. The lowest BCUT2D eigenvalue weighted by Gasteiger charge is -2.15. The minimum Gasteiger partial charge on any atom is -0.453 e. The first-order chi connectivity index (χ1) is 10.2. The Hall–Kier alpha value is -2.34. The molecule has 1 aliphatic rings. The van der Waals surface area contributed by atoms with Crippen molar-refractivity contribution in [3.05, 3.63) is 52.3 Å². The van der Waals surface area contributed by atoms with Crippen molar-refractivity contribution in [3.63, 3.8) is 0 Å². The topological polar surface area (TPSA) is 83.4 Å². The van der Waals surface area contributed by atoms with Gasteiger partial charge in [0.05, 0.1) is 10.5 Å². The van der Waals surface area contributed by atoms with Crippen molar-refractivity contribution in [2.24, 2.45) is 0 Å². The van der Waals surface area contributed by atoms with E-state index in [1.165, 1.54) is 6.07 Å². The summed E-state index contributed by atoms with van der Waals surface area (Å²) < 4.78 is 5.66. The molecule has 6 nitrogen and oxygen atoms in total. The molecule has 116 valence electrons. The maximum absolute atomic E-state index is 11.1. The smallest absolute Gasteiger partial charge is 0.280 e. The first-order valence-corrected chi connectivity index (χ1v) is 6.84. The molecule has 0 aliphatic carbocycles. The highest BCUT2D eigenvalue weighted by Gasteiger charge is 2.21. The van der Waals surface area contributed by atoms with E-state index in [0.717, 1.165) is 25.9 Å². The third kappa shape index (κ3) is 2.96. The molecule has 2 aromatic rings. The molecule has 7 heteroatoms. The second kappa shape index (κ2) is 6.62. The number of hydrogen-bond acceptors (Lipinski definition) is 4. The van der Waals surface area contributed by atoms with Crippen LogP contribution in [0.5, 0.6) is 0 Å². The van der Waals surface area contributed by atoms with Crippen LogP contribution in [0.25, 0.3) is 11.3 Å². The molecule has 3 rings (SSSR count). The quantitative estimate of drug-likeness (QED) is 0.404. The van der Waals surface area contributed by atoms with Crippen LogP contribution in [0.2, 0.25) is 0 Å². The molecular formula is C15H16ClN3O3. The number of amidine groups is 1. The Morgan fingerprint density at radius 2 is 1.86 bits per heavy atom. The van der Waals surface area contributed by atoms with E-state index in [-0.39, 0.29) is 18.1 Å². The van der Waals surface area contributed by atoms with Crippen molar-refractivity contribution in [2.75, 3.05) is 13.1 Å². The highest BCUT2D eigenvalue weighted by atomic mass is 35.5. The van der Waals surface area contributed by atoms with Crippen LogP contribution >= 0.6 is 12.4 Å². The van der Waals surface area contributed by atoms with Gasteiger partial charge in [-0.3, -0.25) is 15.5 Å². The van der Waals surface area contributed by atoms with Gasteiger partial charge in [-0.05, 0) is 31.0 Å². The molecule has 1 N–H and O–H groups in total. The SMILES string of the molecule is Cl.N=C(c1ccc(-c2ccccc2[N+](=O)[O-])o1)N1CCCC1. The Kier molecular flexibility index (Phi) is 4.82. The van der Waals surface area contributed by atoms with Crippen LogP contribution in [0.4, 0.5) is 5.69 Å². The van der Waals surface area contributed by atoms with Crippen LogP contribution in [0.1, 0.15) is 18.6 Å². The van der Waals surface area contributed by atoms with Crippen LogP contribution in [0, 0.1) is 15.5 Å². The maximum Gasteiger partial charge on any atom is 0.280 e. The maximum atomic E-state index is 11.1. The molecule has 1 fully saturated rings. The lowest BCUT2D eigenvalue weighted by Crippen LogP contribution is -2.27. The summed E-state index contributed by atoms with van der Waals surface area (Å²) in [5.41, 5.74) is 0.439. The molecule has 1 aliphatic heterocycles. The summed E-state index contributed by atoms with van der Waals surface area (Å²) >= 11 is 0.